The van der Waals surface area contributed by atoms with E-state index in [1.165, 1.54) is 0 Å². The predicted octanol–water partition coefficient (Wildman–Crippen LogP) is 1.93. The molecule has 2 unspecified atom stereocenters. The number of benzene rings is 1. The van der Waals surface area contributed by atoms with Crippen molar-refractivity contribution in [3.05, 3.63) is 29.8 Å². The van der Waals surface area contributed by atoms with Crippen molar-refractivity contribution in [3.8, 4) is 11.8 Å². The molecule has 0 spiro atoms. The Labute approximate surface area is 115 Å². The van der Waals surface area contributed by atoms with Gasteiger partial charge in [0.15, 0.2) is 0 Å². The molecule has 1 rings (SSSR count). The molecule has 4 heteroatoms. The van der Waals surface area contributed by atoms with Gasteiger partial charge in [-0.15, -0.1) is 0 Å². The van der Waals surface area contributed by atoms with Gasteiger partial charge in [0.1, 0.15) is 18.5 Å². The van der Waals surface area contributed by atoms with Gasteiger partial charge in [0.25, 0.3) is 0 Å². The second-order valence-electron chi connectivity index (χ2n) is 5.04. The maximum Gasteiger partial charge on any atom is 0.119 e. The summed E-state index contributed by atoms with van der Waals surface area (Å²) in [6.45, 7) is 7.12. The molecule has 4 nitrogen and oxygen atoms in total. The molecule has 104 valence electrons. The Bertz CT molecular complexity index is 409. The second kappa shape index (κ2) is 7.78. The third kappa shape index (κ3) is 5.73. The van der Waals surface area contributed by atoms with Crippen molar-refractivity contribution in [2.45, 2.75) is 32.9 Å². The molecule has 2 atom stereocenters. The minimum atomic E-state index is -0.545. The first kappa shape index (κ1) is 15.5. The highest BCUT2D eigenvalue weighted by Crippen LogP contribution is 2.11. The minimum Gasteiger partial charge on any atom is -0.491 e. The molecule has 1 aromatic carbocycles. The smallest absolute Gasteiger partial charge is 0.119 e. The molecule has 0 saturated heterocycles. The lowest BCUT2D eigenvalue weighted by Gasteiger charge is -2.20. The van der Waals surface area contributed by atoms with E-state index >= 15 is 0 Å². The van der Waals surface area contributed by atoms with Gasteiger partial charge in [-0.3, -0.25) is 0 Å². The Balaban J connectivity index is 2.29. The van der Waals surface area contributed by atoms with Crippen molar-refractivity contribution in [1.29, 1.82) is 5.26 Å². The number of hydrogen-bond donors (Lipinski definition) is 2. The van der Waals surface area contributed by atoms with Crippen LogP contribution in [0.15, 0.2) is 24.3 Å². The lowest BCUT2D eigenvalue weighted by atomic mass is 10.1. The summed E-state index contributed by atoms with van der Waals surface area (Å²) in [6, 6.07) is 9.27. The molecular weight excluding hydrogens is 240 g/mol. The average molecular weight is 262 g/mol. The normalized spacial score (nSPS) is 13.9. The summed E-state index contributed by atoms with van der Waals surface area (Å²) in [5.41, 5.74) is 0.598. The third-order valence-electron chi connectivity index (χ3n) is 3.10. The zero-order valence-electron chi connectivity index (χ0n) is 11.8. The molecule has 0 fully saturated rings. The van der Waals surface area contributed by atoms with Gasteiger partial charge in [-0.25, -0.2) is 0 Å². The van der Waals surface area contributed by atoms with Crippen LogP contribution in [-0.2, 0) is 0 Å². The van der Waals surface area contributed by atoms with Gasteiger partial charge in [-0.05, 0) is 37.1 Å². The summed E-state index contributed by atoms with van der Waals surface area (Å²) in [4.78, 5) is 0. The maximum atomic E-state index is 9.80. The van der Waals surface area contributed by atoms with Crippen LogP contribution in [0.2, 0.25) is 0 Å². The summed E-state index contributed by atoms with van der Waals surface area (Å²) in [7, 11) is 0. The highest BCUT2D eigenvalue weighted by atomic mass is 16.5. The first-order valence-corrected chi connectivity index (χ1v) is 6.57. The molecule has 0 bridgehead atoms. The van der Waals surface area contributed by atoms with Crippen LogP contribution in [0.5, 0.6) is 5.75 Å². The molecule has 0 aliphatic heterocycles. The van der Waals surface area contributed by atoms with Gasteiger partial charge in [0.05, 0.1) is 11.6 Å². The van der Waals surface area contributed by atoms with Crippen LogP contribution in [0.1, 0.15) is 26.3 Å². The summed E-state index contributed by atoms with van der Waals surface area (Å²) in [5.74, 6) is 1.20. The largest absolute Gasteiger partial charge is 0.491 e. The standard InChI is InChI=1S/C15H22N2O2/c1-11(2)12(3)17-9-14(18)10-19-15-6-4-13(8-16)5-7-15/h4-7,11-12,14,17-18H,9-10H2,1-3H3. The summed E-state index contributed by atoms with van der Waals surface area (Å²) in [5, 5.41) is 21.7. The minimum absolute atomic E-state index is 0.240. The van der Waals surface area contributed by atoms with Crippen molar-refractivity contribution < 1.29 is 9.84 Å². The van der Waals surface area contributed by atoms with Gasteiger partial charge in [-0.2, -0.15) is 5.26 Å². The van der Waals surface area contributed by atoms with Crippen molar-refractivity contribution in [1.82, 2.24) is 5.32 Å². The number of rotatable bonds is 7. The van der Waals surface area contributed by atoms with Gasteiger partial charge < -0.3 is 15.2 Å². The van der Waals surface area contributed by atoms with Crippen molar-refractivity contribution in [2.24, 2.45) is 5.92 Å². The van der Waals surface area contributed by atoms with Crippen LogP contribution in [-0.4, -0.2) is 30.4 Å². The predicted molar refractivity (Wildman–Crippen MR) is 75.0 cm³/mol. The van der Waals surface area contributed by atoms with Crippen molar-refractivity contribution >= 4 is 0 Å². The van der Waals surface area contributed by atoms with E-state index in [0.717, 1.165) is 0 Å². The fourth-order valence-corrected chi connectivity index (χ4v) is 1.43. The Kier molecular flexibility index (Phi) is 6.34. The first-order chi connectivity index (χ1) is 9.02. The van der Waals surface area contributed by atoms with Crippen LogP contribution >= 0.6 is 0 Å². The van der Waals surface area contributed by atoms with E-state index in [1.807, 2.05) is 6.07 Å². The van der Waals surface area contributed by atoms with E-state index in [-0.39, 0.29) is 6.61 Å². The lowest BCUT2D eigenvalue weighted by molar-refractivity contribution is 0.102. The number of aliphatic hydroxyl groups is 1. The molecule has 2 N–H and O–H groups in total. The average Bonchev–Trinajstić information content (AvgIpc) is 2.42. The molecular formula is C15H22N2O2. The number of nitrogens with one attached hydrogen (secondary N) is 1. The van der Waals surface area contributed by atoms with Crippen LogP contribution in [0.3, 0.4) is 0 Å². The van der Waals surface area contributed by atoms with Crippen molar-refractivity contribution in [3.63, 3.8) is 0 Å². The van der Waals surface area contributed by atoms with E-state index in [0.29, 0.717) is 29.8 Å². The topological polar surface area (TPSA) is 65.3 Å². The fraction of sp³-hybridized carbons (Fsp3) is 0.533. The molecule has 0 radical (unpaired) electrons. The fourth-order valence-electron chi connectivity index (χ4n) is 1.43. The van der Waals surface area contributed by atoms with Crippen LogP contribution in [0, 0.1) is 17.2 Å². The van der Waals surface area contributed by atoms with E-state index in [9.17, 15) is 5.11 Å². The van der Waals surface area contributed by atoms with Crippen LogP contribution < -0.4 is 10.1 Å². The van der Waals surface area contributed by atoms with Crippen LogP contribution in [0.25, 0.3) is 0 Å². The molecule has 0 aromatic heterocycles. The maximum absolute atomic E-state index is 9.80. The Morgan fingerprint density at radius 2 is 1.89 bits per heavy atom. The van der Waals surface area contributed by atoms with Crippen LogP contribution in [0.4, 0.5) is 0 Å². The molecule has 0 amide bonds. The number of hydrogen-bond acceptors (Lipinski definition) is 4. The quantitative estimate of drug-likeness (QED) is 0.788. The highest BCUT2D eigenvalue weighted by molar-refractivity contribution is 5.34. The van der Waals surface area contributed by atoms with Gasteiger partial charge in [-0.1, -0.05) is 13.8 Å². The number of ether oxygens (including phenoxy) is 1. The summed E-state index contributed by atoms with van der Waals surface area (Å²) < 4.78 is 5.46. The van der Waals surface area contributed by atoms with Gasteiger partial charge in [0, 0.05) is 12.6 Å². The third-order valence-corrected chi connectivity index (χ3v) is 3.10. The number of nitrogens with zero attached hydrogens (tertiary/aromatic N) is 1. The molecule has 0 heterocycles. The summed E-state index contributed by atoms with van der Waals surface area (Å²) in [6.07, 6.45) is -0.545. The first-order valence-electron chi connectivity index (χ1n) is 6.57. The van der Waals surface area contributed by atoms with E-state index in [2.05, 4.69) is 26.1 Å². The molecule has 19 heavy (non-hydrogen) atoms. The van der Waals surface area contributed by atoms with Gasteiger partial charge in [0.2, 0.25) is 0 Å². The van der Waals surface area contributed by atoms with Gasteiger partial charge >= 0.3 is 0 Å². The Hall–Kier alpha value is -1.57. The van der Waals surface area contributed by atoms with E-state index < -0.39 is 6.10 Å². The monoisotopic (exact) mass is 262 g/mol. The zero-order valence-corrected chi connectivity index (χ0v) is 11.8. The molecule has 1 aromatic rings. The van der Waals surface area contributed by atoms with Crippen molar-refractivity contribution in [2.75, 3.05) is 13.2 Å². The van der Waals surface area contributed by atoms with E-state index in [4.69, 9.17) is 10.00 Å². The summed E-state index contributed by atoms with van der Waals surface area (Å²) >= 11 is 0. The second-order valence-corrected chi connectivity index (χ2v) is 5.04. The SMILES string of the molecule is CC(C)C(C)NCC(O)COc1ccc(C#N)cc1. The number of nitriles is 1. The van der Waals surface area contributed by atoms with E-state index in [1.54, 1.807) is 24.3 Å². The lowest BCUT2D eigenvalue weighted by Crippen LogP contribution is -2.38. The number of aliphatic hydroxyl groups excluding tert-OH is 1. The highest BCUT2D eigenvalue weighted by Gasteiger charge is 2.10. The zero-order chi connectivity index (χ0) is 14.3. The Morgan fingerprint density at radius 1 is 1.26 bits per heavy atom. The Morgan fingerprint density at radius 3 is 2.42 bits per heavy atom. The molecule has 0 aliphatic carbocycles. The molecule has 0 aliphatic rings. The molecule has 0 saturated carbocycles.